The molecule has 2 aliphatic rings. The second-order valence-corrected chi connectivity index (χ2v) is 7.25. The molecule has 134 valence electrons. The highest BCUT2D eigenvalue weighted by molar-refractivity contribution is 5.79. The Morgan fingerprint density at radius 3 is 2.74 bits per heavy atom. The molecule has 1 heterocycles. The van der Waals surface area contributed by atoms with Crippen LogP contribution in [0.3, 0.4) is 0 Å². The van der Waals surface area contributed by atoms with Crippen LogP contribution in [-0.4, -0.2) is 75.3 Å². The monoisotopic (exact) mass is 324 g/mol. The molecule has 5 nitrogen and oxygen atoms in total. The van der Waals surface area contributed by atoms with Crippen LogP contribution in [0.4, 0.5) is 0 Å². The van der Waals surface area contributed by atoms with Gasteiger partial charge in [0.05, 0.1) is 6.61 Å². The molecule has 0 aromatic carbocycles. The SMILES string of the molecule is CCNC(=NCC(C)CN1CCCC1)N(C)CCOCC1CC1. The molecule has 5 heteroatoms. The Hall–Kier alpha value is -0.810. The van der Waals surface area contributed by atoms with Crippen molar-refractivity contribution >= 4 is 5.96 Å². The maximum absolute atomic E-state index is 5.74. The van der Waals surface area contributed by atoms with Crippen LogP contribution in [0.2, 0.25) is 0 Å². The van der Waals surface area contributed by atoms with Crippen molar-refractivity contribution in [3.05, 3.63) is 0 Å². The molecule has 1 N–H and O–H groups in total. The number of nitrogens with zero attached hydrogens (tertiary/aromatic N) is 3. The summed E-state index contributed by atoms with van der Waals surface area (Å²) in [7, 11) is 2.10. The van der Waals surface area contributed by atoms with E-state index in [4.69, 9.17) is 9.73 Å². The number of guanidine groups is 1. The van der Waals surface area contributed by atoms with Crippen LogP contribution >= 0.6 is 0 Å². The predicted molar refractivity (Wildman–Crippen MR) is 97.0 cm³/mol. The molecule has 1 saturated carbocycles. The Bertz CT molecular complexity index is 351. The van der Waals surface area contributed by atoms with E-state index >= 15 is 0 Å². The lowest BCUT2D eigenvalue weighted by Gasteiger charge is -2.23. The Morgan fingerprint density at radius 1 is 1.35 bits per heavy atom. The number of hydrogen-bond acceptors (Lipinski definition) is 3. The molecular formula is C18H36N4O. The van der Waals surface area contributed by atoms with Gasteiger partial charge in [0.1, 0.15) is 0 Å². The maximum atomic E-state index is 5.74. The first-order valence-electron chi connectivity index (χ1n) is 9.48. The third-order valence-electron chi connectivity index (χ3n) is 4.64. The maximum Gasteiger partial charge on any atom is 0.193 e. The first-order chi connectivity index (χ1) is 11.2. The Balaban J connectivity index is 1.68. The van der Waals surface area contributed by atoms with Crippen molar-refractivity contribution in [1.29, 1.82) is 0 Å². The smallest absolute Gasteiger partial charge is 0.193 e. The van der Waals surface area contributed by atoms with E-state index in [0.717, 1.165) is 44.7 Å². The Morgan fingerprint density at radius 2 is 2.09 bits per heavy atom. The molecule has 0 amide bonds. The van der Waals surface area contributed by atoms with E-state index in [1.807, 2.05) is 0 Å². The molecule has 0 radical (unpaired) electrons. The van der Waals surface area contributed by atoms with Gasteiger partial charge in [0.15, 0.2) is 5.96 Å². The fourth-order valence-corrected chi connectivity index (χ4v) is 3.02. The summed E-state index contributed by atoms with van der Waals surface area (Å²) in [6.07, 6.45) is 5.44. The van der Waals surface area contributed by atoms with Crippen LogP contribution in [0.15, 0.2) is 4.99 Å². The lowest BCUT2D eigenvalue weighted by Crippen LogP contribution is -2.41. The van der Waals surface area contributed by atoms with E-state index in [0.29, 0.717) is 5.92 Å². The number of likely N-dealkylation sites (tertiary alicyclic amines) is 1. The first-order valence-corrected chi connectivity index (χ1v) is 9.48. The highest BCUT2D eigenvalue weighted by Gasteiger charge is 2.21. The van der Waals surface area contributed by atoms with Crippen molar-refractivity contribution in [1.82, 2.24) is 15.1 Å². The van der Waals surface area contributed by atoms with Crippen molar-refractivity contribution < 1.29 is 4.74 Å². The molecule has 2 fully saturated rings. The normalized spacial score (nSPS) is 20.7. The van der Waals surface area contributed by atoms with Crippen molar-refractivity contribution in [2.45, 2.75) is 39.5 Å². The van der Waals surface area contributed by atoms with Gasteiger partial charge in [-0.05, 0) is 57.5 Å². The van der Waals surface area contributed by atoms with Crippen LogP contribution in [-0.2, 0) is 4.74 Å². The summed E-state index contributed by atoms with van der Waals surface area (Å²) in [5.74, 6) is 2.46. The zero-order valence-electron chi connectivity index (χ0n) is 15.4. The average Bonchev–Trinajstić information content (AvgIpc) is 3.23. The second-order valence-electron chi connectivity index (χ2n) is 7.25. The summed E-state index contributed by atoms with van der Waals surface area (Å²) in [5.41, 5.74) is 0. The number of nitrogens with one attached hydrogen (secondary N) is 1. The molecule has 1 saturated heterocycles. The Kier molecular flexibility index (Phi) is 8.17. The number of likely N-dealkylation sites (N-methyl/N-ethyl adjacent to an activating group) is 1. The van der Waals surface area contributed by atoms with Gasteiger partial charge in [-0.2, -0.15) is 0 Å². The number of aliphatic imine (C=N–C) groups is 1. The van der Waals surface area contributed by atoms with Gasteiger partial charge in [-0.15, -0.1) is 0 Å². The second kappa shape index (κ2) is 10.1. The number of ether oxygens (including phenoxy) is 1. The van der Waals surface area contributed by atoms with E-state index in [9.17, 15) is 0 Å². The van der Waals surface area contributed by atoms with Gasteiger partial charge in [0.25, 0.3) is 0 Å². The summed E-state index contributed by atoms with van der Waals surface area (Å²) in [4.78, 5) is 9.60. The van der Waals surface area contributed by atoms with Gasteiger partial charge in [0, 0.05) is 39.8 Å². The van der Waals surface area contributed by atoms with Gasteiger partial charge in [-0.1, -0.05) is 6.92 Å². The number of rotatable bonds is 10. The van der Waals surface area contributed by atoms with Crippen molar-refractivity contribution in [2.75, 3.05) is 59.5 Å². The third-order valence-corrected chi connectivity index (χ3v) is 4.64. The molecule has 0 aromatic rings. The Labute approximate surface area is 142 Å². The quantitative estimate of drug-likeness (QED) is 0.379. The summed E-state index contributed by atoms with van der Waals surface area (Å²) >= 11 is 0. The fourth-order valence-electron chi connectivity index (χ4n) is 3.02. The molecule has 1 aliphatic carbocycles. The van der Waals surface area contributed by atoms with Crippen molar-refractivity contribution in [3.63, 3.8) is 0 Å². The summed E-state index contributed by atoms with van der Waals surface area (Å²) in [6.45, 7) is 12.6. The van der Waals surface area contributed by atoms with E-state index < -0.39 is 0 Å². The molecule has 0 aromatic heterocycles. The fraction of sp³-hybridized carbons (Fsp3) is 0.944. The molecule has 2 rings (SSSR count). The van der Waals surface area contributed by atoms with Gasteiger partial charge in [-0.3, -0.25) is 4.99 Å². The highest BCUT2D eigenvalue weighted by atomic mass is 16.5. The van der Waals surface area contributed by atoms with Crippen molar-refractivity contribution in [3.8, 4) is 0 Å². The summed E-state index contributed by atoms with van der Waals surface area (Å²) < 4.78 is 5.74. The zero-order chi connectivity index (χ0) is 16.5. The van der Waals surface area contributed by atoms with Crippen LogP contribution in [0.5, 0.6) is 0 Å². The van der Waals surface area contributed by atoms with Gasteiger partial charge >= 0.3 is 0 Å². The summed E-state index contributed by atoms with van der Waals surface area (Å²) in [5, 5.41) is 3.40. The van der Waals surface area contributed by atoms with Gasteiger partial charge in [0.2, 0.25) is 0 Å². The largest absolute Gasteiger partial charge is 0.379 e. The first kappa shape index (κ1) is 18.5. The molecular weight excluding hydrogens is 288 g/mol. The van der Waals surface area contributed by atoms with E-state index in [1.165, 1.54) is 45.3 Å². The molecule has 0 bridgehead atoms. The van der Waals surface area contributed by atoms with E-state index in [1.54, 1.807) is 0 Å². The van der Waals surface area contributed by atoms with Crippen LogP contribution in [0, 0.1) is 11.8 Å². The minimum absolute atomic E-state index is 0.612. The van der Waals surface area contributed by atoms with Crippen LogP contribution in [0.25, 0.3) is 0 Å². The minimum atomic E-state index is 0.612. The van der Waals surface area contributed by atoms with Gasteiger partial charge in [-0.25, -0.2) is 0 Å². The molecule has 1 atom stereocenters. The third kappa shape index (κ3) is 7.53. The lowest BCUT2D eigenvalue weighted by atomic mass is 10.2. The minimum Gasteiger partial charge on any atom is -0.379 e. The zero-order valence-corrected chi connectivity index (χ0v) is 15.4. The van der Waals surface area contributed by atoms with Gasteiger partial charge < -0.3 is 19.9 Å². The predicted octanol–water partition coefficient (Wildman–Crippen LogP) is 2.04. The molecule has 1 unspecified atom stereocenters. The molecule has 23 heavy (non-hydrogen) atoms. The van der Waals surface area contributed by atoms with E-state index in [2.05, 4.69) is 36.0 Å². The van der Waals surface area contributed by atoms with Crippen molar-refractivity contribution in [2.24, 2.45) is 16.8 Å². The highest BCUT2D eigenvalue weighted by Crippen LogP contribution is 2.28. The van der Waals surface area contributed by atoms with E-state index in [-0.39, 0.29) is 0 Å². The molecule has 0 spiro atoms. The standard InChI is InChI=1S/C18H36N4O/c1-4-19-18(21(3)11-12-23-15-17-7-8-17)20-13-16(2)14-22-9-5-6-10-22/h16-17H,4-15H2,1-3H3,(H,19,20). The summed E-state index contributed by atoms with van der Waals surface area (Å²) in [6, 6.07) is 0. The van der Waals surface area contributed by atoms with Crippen LogP contribution < -0.4 is 5.32 Å². The van der Waals surface area contributed by atoms with Crippen LogP contribution in [0.1, 0.15) is 39.5 Å². The average molecular weight is 325 g/mol. The molecule has 1 aliphatic heterocycles. The topological polar surface area (TPSA) is 40.1 Å². The lowest BCUT2D eigenvalue weighted by molar-refractivity contribution is 0.115. The number of hydrogen-bond donors (Lipinski definition) is 1.